The minimum absolute atomic E-state index is 0.436. The van der Waals surface area contributed by atoms with E-state index in [4.69, 9.17) is 5.84 Å². The van der Waals surface area contributed by atoms with Crippen molar-refractivity contribution < 1.29 is 0 Å². The number of aromatic nitrogens is 5. The Kier molecular flexibility index (Phi) is 2.76. The summed E-state index contributed by atoms with van der Waals surface area (Å²) >= 11 is 1.64. The Labute approximate surface area is 124 Å². The van der Waals surface area contributed by atoms with Crippen LogP contribution in [0.2, 0.25) is 0 Å². The van der Waals surface area contributed by atoms with Gasteiger partial charge in [0, 0.05) is 18.0 Å². The summed E-state index contributed by atoms with van der Waals surface area (Å²) in [6, 6.07) is 2.12. The fourth-order valence-corrected chi connectivity index (χ4v) is 3.45. The fourth-order valence-electron chi connectivity index (χ4n) is 2.58. The molecule has 8 nitrogen and oxygen atoms in total. The van der Waals surface area contributed by atoms with Gasteiger partial charge in [-0.1, -0.05) is 0 Å². The average Bonchev–Trinajstić information content (AvgIpc) is 3.09. The molecular formula is C12H14N8S. The van der Waals surface area contributed by atoms with Gasteiger partial charge in [0.1, 0.15) is 17.0 Å². The molecule has 0 spiro atoms. The van der Waals surface area contributed by atoms with E-state index in [1.165, 1.54) is 4.88 Å². The number of hydrogen-bond acceptors (Lipinski definition) is 8. The second kappa shape index (κ2) is 4.64. The van der Waals surface area contributed by atoms with Crippen molar-refractivity contribution in [1.29, 1.82) is 0 Å². The first-order valence-electron chi connectivity index (χ1n) is 6.61. The average molecular weight is 302 g/mol. The van der Waals surface area contributed by atoms with Gasteiger partial charge in [0.2, 0.25) is 5.95 Å². The molecule has 0 radical (unpaired) electrons. The van der Waals surface area contributed by atoms with E-state index in [2.05, 4.69) is 48.0 Å². The van der Waals surface area contributed by atoms with Crippen LogP contribution in [0.5, 0.6) is 0 Å². The molecule has 3 aromatic heterocycles. The number of nitrogens with one attached hydrogen (secondary N) is 1. The molecule has 0 atom stereocenters. The van der Waals surface area contributed by atoms with Gasteiger partial charge < -0.3 is 9.47 Å². The first-order chi connectivity index (χ1) is 10.2. The van der Waals surface area contributed by atoms with Crippen molar-refractivity contribution in [2.24, 2.45) is 5.84 Å². The molecule has 4 heterocycles. The summed E-state index contributed by atoms with van der Waals surface area (Å²) in [5.74, 6) is 7.77. The Morgan fingerprint density at radius 3 is 3.10 bits per heavy atom. The number of nitrogens with zero attached hydrogens (tertiary/aromatic N) is 6. The number of aryl methyl sites for hydroxylation is 1. The first kappa shape index (κ1) is 12.5. The van der Waals surface area contributed by atoms with Crippen molar-refractivity contribution in [3.63, 3.8) is 0 Å². The van der Waals surface area contributed by atoms with E-state index in [9.17, 15) is 0 Å². The molecule has 0 unspecified atom stereocenters. The number of anilines is 2. The Morgan fingerprint density at radius 2 is 2.24 bits per heavy atom. The monoisotopic (exact) mass is 302 g/mol. The standard InChI is InChI=1S/C12H14N8S/c1-7-4-8-10(15-12(17-13)16-11(8)21-7)19-2-3-20-6-14-18-9(20)5-19/h4,6H,2-3,5,13H2,1H3,(H,15,16,17). The number of nitrogen functional groups attached to an aromatic ring is 1. The van der Waals surface area contributed by atoms with E-state index in [0.717, 1.165) is 34.9 Å². The molecule has 108 valence electrons. The number of fused-ring (bicyclic) bond motifs is 2. The SMILES string of the molecule is Cc1cc2c(N3CCn4cnnc4C3)nc(NN)nc2s1. The van der Waals surface area contributed by atoms with Crippen LogP contribution in [-0.4, -0.2) is 31.3 Å². The summed E-state index contributed by atoms with van der Waals surface area (Å²) < 4.78 is 2.07. The summed E-state index contributed by atoms with van der Waals surface area (Å²) in [7, 11) is 0. The lowest BCUT2D eigenvalue weighted by atomic mass is 10.3. The van der Waals surface area contributed by atoms with Crippen LogP contribution in [0.1, 0.15) is 10.7 Å². The molecule has 4 rings (SSSR count). The van der Waals surface area contributed by atoms with Gasteiger partial charge in [0.25, 0.3) is 0 Å². The summed E-state index contributed by atoms with van der Waals surface area (Å²) in [6.07, 6.45) is 1.77. The molecule has 0 saturated heterocycles. The number of hydrogen-bond donors (Lipinski definition) is 2. The predicted octanol–water partition coefficient (Wildman–Crippen LogP) is 0.897. The van der Waals surface area contributed by atoms with Crippen molar-refractivity contribution in [1.82, 2.24) is 24.7 Å². The van der Waals surface area contributed by atoms with Gasteiger partial charge in [-0.3, -0.25) is 5.43 Å². The third kappa shape index (κ3) is 2.01. The van der Waals surface area contributed by atoms with E-state index in [0.29, 0.717) is 12.5 Å². The molecular weight excluding hydrogens is 288 g/mol. The van der Waals surface area contributed by atoms with E-state index in [-0.39, 0.29) is 0 Å². The molecule has 0 aromatic carbocycles. The van der Waals surface area contributed by atoms with Crippen LogP contribution in [0.25, 0.3) is 10.2 Å². The van der Waals surface area contributed by atoms with Gasteiger partial charge >= 0.3 is 0 Å². The van der Waals surface area contributed by atoms with Gasteiger partial charge in [-0.15, -0.1) is 21.5 Å². The maximum atomic E-state index is 5.49. The van der Waals surface area contributed by atoms with E-state index in [1.807, 2.05) is 0 Å². The van der Waals surface area contributed by atoms with Crippen molar-refractivity contribution in [3.8, 4) is 0 Å². The zero-order valence-corrected chi connectivity index (χ0v) is 12.3. The summed E-state index contributed by atoms with van der Waals surface area (Å²) in [5, 5.41) is 9.17. The molecule has 9 heteroatoms. The van der Waals surface area contributed by atoms with Gasteiger partial charge in [-0.25, -0.2) is 10.8 Å². The van der Waals surface area contributed by atoms with E-state index >= 15 is 0 Å². The van der Waals surface area contributed by atoms with Gasteiger partial charge in [-0.2, -0.15) is 4.98 Å². The highest BCUT2D eigenvalue weighted by Gasteiger charge is 2.22. The van der Waals surface area contributed by atoms with Crippen molar-refractivity contribution in [2.45, 2.75) is 20.0 Å². The summed E-state index contributed by atoms with van der Waals surface area (Å²) in [4.78, 5) is 13.3. The Hall–Kier alpha value is -2.26. The third-order valence-corrected chi connectivity index (χ3v) is 4.51. The Balaban J connectivity index is 1.82. The molecule has 1 aliphatic heterocycles. The predicted molar refractivity (Wildman–Crippen MR) is 81.0 cm³/mol. The van der Waals surface area contributed by atoms with Crippen LogP contribution in [0.4, 0.5) is 11.8 Å². The first-order valence-corrected chi connectivity index (χ1v) is 7.42. The molecule has 3 aromatic rings. The normalized spacial score (nSPS) is 14.5. The lowest BCUT2D eigenvalue weighted by molar-refractivity contribution is 0.557. The molecule has 0 bridgehead atoms. The molecule has 21 heavy (non-hydrogen) atoms. The van der Waals surface area contributed by atoms with Gasteiger partial charge in [0.15, 0.2) is 5.82 Å². The maximum absolute atomic E-state index is 5.49. The number of rotatable bonds is 2. The molecule has 3 N–H and O–H groups in total. The topological polar surface area (TPSA) is 97.8 Å². The third-order valence-electron chi connectivity index (χ3n) is 3.56. The van der Waals surface area contributed by atoms with Crippen LogP contribution in [0.15, 0.2) is 12.4 Å². The second-order valence-electron chi connectivity index (χ2n) is 4.95. The highest BCUT2D eigenvalue weighted by molar-refractivity contribution is 7.18. The van der Waals surface area contributed by atoms with Crippen molar-refractivity contribution in [3.05, 3.63) is 23.1 Å². The summed E-state index contributed by atoms with van der Waals surface area (Å²) in [6.45, 7) is 4.46. The minimum atomic E-state index is 0.436. The highest BCUT2D eigenvalue weighted by atomic mass is 32.1. The van der Waals surface area contributed by atoms with Gasteiger partial charge in [0.05, 0.1) is 11.9 Å². The zero-order chi connectivity index (χ0) is 14.4. The minimum Gasteiger partial charge on any atom is -0.347 e. The van der Waals surface area contributed by atoms with Gasteiger partial charge in [-0.05, 0) is 13.0 Å². The van der Waals surface area contributed by atoms with Crippen LogP contribution in [-0.2, 0) is 13.1 Å². The quantitative estimate of drug-likeness (QED) is 0.536. The summed E-state index contributed by atoms with van der Waals surface area (Å²) in [5.41, 5.74) is 2.55. The molecule has 1 aliphatic rings. The molecule has 0 amide bonds. The second-order valence-corrected chi connectivity index (χ2v) is 6.19. The van der Waals surface area contributed by atoms with E-state index < -0.39 is 0 Å². The number of hydrazine groups is 1. The highest BCUT2D eigenvalue weighted by Crippen LogP contribution is 2.32. The van der Waals surface area contributed by atoms with E-state index in [1.54, 1.807) is 17.7 Å². The lowest BCUT2D eigenvalue weighted by Gasteiger charge is -2.28. The molecule has 0 fully saturated rings. The Morgan fingerprint density at radius 1 is 1.33 bits per heavy atom. The van der Waals surface area contributed by atoms with Crippen LogP contribution < -0.4 is 16.2 Å². The lowest BCUT2D eigenvalue weighted by Crippen LogP contribution is -2.34. The number of thiophene rings is 1. The number of nitrogens with two attached hydrogens (primary N) is 1. The largest absolute Gasteiger partial charge is 0.347 e. The zero-order valence-electron chi connectivity index (χ0n) is 11.4. The Bertz CT molecular complexity index is 807. The molecule has 0 aliphatic carbocycles. The van der Waals surface area contributed by atoms with Crippen LogP contribution >= 0.6 is 11.3 Å². The van der Waals surface area contributed by atoms with Crippen molar-refractivity contribution in [2.75, 3.05) is 16.9 Å². The van der Waals surface area contributed by atoms with Crippen LogP contribution in [0.3, 0.4) is 0 Å². The maximum Gasteiger partial charge on any atom is 0.240 e. The van der Waals surface area contributed by atoms with Crippen LogP contribution in [0, 0.1) is 6.92 Å². The smallest absolute Gasteiger partial charge is 0.240 e. The molecule has 0 saturated carbocycles. The fraction of sp³-hybridized carbons (Fsp3) is 0.333. The van der Waals surface area contributed by atoms with Crippen molar-refractivity contribution >= 4 is 33.3 Å².